The van der Waals surface area contributed by atoms with Gasteiger partial charge in [-0.15, -0.1) is 0 Å². The van der Waals surface area contributed by atoms with Gasteiger partial charge >= 0.3 is 0 Å². The Bertz CT molecular complexity index is 616. The molecule has 100 valence electrons. The monoisotopic (exact) mass is 296 g/mol. The van der Waals surface area contributed by atoms with Gasteiger partial charge in [-0.1, -0.05) is 42.0 Å². The van der Waals surface area contributed by atoms with Crippen LogP contribution in [0.3, 0.4) is 0 Å². The van der Waals surface area contributed by atoms with E-state index in [0.29, 0.717) is 23.0 Å². The van der Waals surface area contributed by atoms with E-state index in [4.69, 9.17) is 33.3 Å². The quantitative estimate of drug-likeness (QED) is 0.678. The van der Waals surface area contributed by atoms with Crippen LogP contribution < -0.4 is 4.74 Å². The molecule has 0 saturated heterocycles. The molecule has 0 radical (unpaired) electrons. The molecule has 0 aliphatic heterocycles. The van der Waals surface area contributed by atoms with E-state index in [9.17, 15) is 0 Å². The number of aromatic nitrogens is 2. The molecule has 0 amide bonds. The highest BCUT2D eigenvalue weighted by Crippen LogP contribution is 2.30. The van der Waals surface area contributed by atoms with Crippen LogP contribution in [0, 0.1) is 4.64 Å². The van der Waals surface area contributed by atoms with Crippen LogP contribution in [0.1, 0.15) is 0 Å². The van der Waals surface area contributed by atoms with Crippen LogP contribution in [-0.4, -0.2) is 30.5 Å². The van der Waals surface area contributed by atoms with Crippen LogP contribution in [0.15, 0.2) is 30.3 Å². The largest absolute Gasteiger partial charge is 0.491 e. The van der Waals surface area contributed by atoms with Crippen molar-refractivity contribution in [3.8, 4) is 16.9 Å². The van der Waals surface area contributed by atoms with Crippen molar-refractivity contribution in [2.45, 2.75) is 0 Å². The first-order valence-electron chi connectivity index (χ1n) is 5.68. The third-order valence-corrected chi connectivity index (χ3v) is 3.00. The summed E-state index contributed by atoms with van der Waals surface area (Å²) >= 11 is 11.1. The minimum absolute atomic E-state index is 0.357. The molecule has 0 bridgehead atoms. The molecule has 0 aliphatic carbocycles. The highest BCUT2D eigenvalue weighted by molar-refractivity contribution is 7.71. The number of hydrogen-bond acceptors (Lipinski definition) is 4. The van der Waals surface area contributed by atoms with Gasteiger partial charge in [-0.25, -0.2) is 0 Å². The molecular weight excluding hydrogens is 284 g/mol. The number of ether oxygens (including phenoxy) is 2. The molecule has 1 N–H and O–H groups in total. The first-order valence-corrected chi connectivity index (χ1v) is 6.47. The predicted octanol–water partition coefficient (Wildman–Crippen LogP) is 3.48. The van der Waals surface area contributed by atoms with E-state index in [1.165, 1.54) is 0 Å². The molecule has 1 heterocycles. The molecule has 4 nitrogen and oxygen atoms in total. The van der Waals surface area contributed by atoms with Gasteiger partial charge in [0.2, 0.25) is 0 Å². The van der Waals surface area contributed by atoms with E-state index in [-0.39, 0.29) is 0 Å². The predicted molar refractivity (Wildman–Crippen MR) is 77.2 cm³/mol. The van der Waals surface area contributed by atoms with Crippen molar-refractivity contribution in [3.05, 3.63) is 40.1 Å². The molecule has 1 aromatic carbocycles. The average Bonchev–Trinajstić information content (AvgIpc) is 2.42. The summed E-state index contributed by atoms with van der Waals surface area (Å²) < 4.78 is 11.2. The minimum Gasteiger partial charge on any atom is -0.491 e. The highest BCUT2D eigenvalue weighted by atomic mass is 35.5. The number of halogens is 1. The molecule has 2 rings (SSSR count). The van der Waals surface area contributed by atoms with Crippen molar-refractivity contribution in [1.29, 1.82) is 0 Å². The van der Waals surface area contributed by atoms with Gasteiger partial charge in [-0.2, -0.15) is 5.10 Å². The Kier molecular flexibility index (Phi) is 4.90. The van der Waals surface area contributed by atoms with Gasteiger partial charge in [0.15, 0.2) is 0 Å². The Morgan fingerprint density at radius 1 is 1.26 bits per heavy atom. The molecule has 0 unspecified atom stereocenters. The van der Waals surface area contributed by atoms with Gasteiger partial charge in [0.25, 0.3) is 0 Å². The molecule has 6 heteroatoms. The topological polar surface area (TPSA) is 47.1 Å². The summed E-state index contributed by atoms with van der Waals surface area (Å²) in [5.74, 6) is 0.737. The number of para-hydroxylation sites is 1. The fraction of sp³-hybridized carbons (Fsp3) is 0.231. The lowest BCUT2D eigenvalue weighted by Gasteiger charge is -2.11. The Balaban J connectivity index is 2.38. The smallest absolute Gasteiger partial charge is 0.150 e. The highest BCUT2D eigenvalue weighted by Gasteiger charge is 2.08. The van der Waals surface area contributed by atoms with Gasteiger partial charge < -0.3 is 9.47 Å². The minimum atomic E-state index is 0.357. The molecule has 0 saturated carbocycles. The summed E-state index contributed by atoms with van der Waals surface area (Å²) in [5, 5.41) is 6.92. The fourth-order valence-corrected chi connectivity index (χ4v) is 2.00. The molecule has 19 heavy (non-hydrogen) atoms. The van der Waals surface area contributed by atoms with Gasteiger partial charge in [-0.05, 0) is 12.1 Å². The zero-order chi connectivity index (χ0) is 13.7. The zero-order valence-corrected chi connectivity index (χ0v) is 11.9. The van der Waals surface area contributed by atoms with E-state index in [1.54, 1.807) is 13.2 Å². The third-order valence-electron chi connectivity index (χ3n) is 2.49. The Morgan fingerprint density at radius 3 is 2.84 bits per heavy atom. The Hall–Kier alpha value is -1.43. The number of hydrogen-bond donors (Lipinski definition) is 1. The average molecular weight is 297 g/mol. The molecule has 0 fully saturated rings. The Labute approximate surface area is 121 Å². The SMILES string of the molecule is COCCOc1ccccc1-c1cc(Cl)n[nH]c1=S. The number of methoxy groups -OCH3 is 1. The normalized spacial score (nSPS) is 10.4. The maximum atomic E-state index is 5.90. The van der Waals surface area contributed by atoms with Gasteiger partial charge in [0, 0.05) is 18.2 Å². The lowest BCUT2D eigenvalue weighted by atomic mass is 10.1. The van der Waals surface area contributed by atoms with Crippen molar-refractivity contribution < 1.29 is 9.47 Å². The van der Waals surface area contributed by atoms with Crippen molar-refractivity contribution in [2.75, 3.05) is 20.3 Å². The van der Waals surface area contributed by atoms with E-state index in [1.807, 2.05) is 24.3 Å². The summed E-state index contributed by atoms with van der Waals surface area (Å²) in [7, 11) is 1.63. The summed E-state index contributed by atoms with van der Waals surface area (Å²) in [6.45, 7) is 1.00. The zero-order valence-electron chi connectivity index (χ0n) is 10.4. The second kappa shape index (κ2) is 6.65. The molecule has 0 spiro atoms. The van der Waals surface area contributed by atoms with Crippen LogP contribution in [0.5, 0.6) is 5.75 Å². The molecule has 2 aromatic rings. The second-order valence-corrected chi connectivity index (χ2v) is 4.57. The first-order chi connectivity index (χ1) is 9.22. The van der Waals surface area contributed by atoms with Crippen LogP contribution in [0.2, 0.25) is 5.15 Å². The van der Waals surface area contributed by atoms with Crippen molar-refractivity contribution in [2.24, 2.45) is 0 Å². The summed E-state index contributed by atoms with van der Waals surface area (Å²) in [5.41, 5.74) is 1.67. The number of nitrogens with one attached hydrogen (secondary N) is 1. The maximum Gasteiger partial charge on any atom is 0.150 e. The maximum absolute atomic E-state index is 5.90. The van der Waals surface area contributed by atoms with Crippen LogP contribution in [0.25, 0.3) is 11.1 Å². The summed E-state index contributed by atoms with van der Waals surface area (Å²) in [4.78, 5) is 0. The van der Waals surface area contributed by atoms with E-state index >= 15 is 0 Å². The second-order valence-electron chi connectivity index (χ2n) is 3.77. The van der Waals surface area contributed by atoms with Crippen LogP contribution >= 0.6 is 23.8 Å². The molecule has 0 aliphatic rings. The summed E-state index contributed by atoms with van der Waals surface area (Å²) in [6.07, 6.45) is 0. The van der Waals surface area contributed by atoms with Crippen LogP contribution in [0.4, 0.5) is 0 Å². The molecule has 0 atom stereocenters. The lowest BCUT2D eigenvalue weighted by Crippen LogP contribution is -2.05. The van der Waals surface area contributed by atoms with E-state index < -0.39 is 0 Å². The number of aromatic amines is 1. The lowest BCUT2D eigenvalue weighted by molar-refractivity contribution is 0.146. The van der Waals surface area contributed by atoms with Crippen molar-refractivity contribution in [1.82, 2.24) is 10.2 Å². The van der Waals surface area contributed by atoms with Crippen molar-refractivity contribution in [3.63, 3.8) is 0 Å². The number of H-pyrrole nitrogens is 1. The molecular formula is C13H13ClN2O2S. The first kappa shape index (κ1) is 14.0. The number of rotatable bonds is 5. The standard InChI is InChI=1S/C13H13ClN2O2S/c1-17-6-7-18-11-5-3-2-4-9(11)10-8-12(14)15-16-13(10)19/h2-5,8H,6-7H2,1H3,(H,16,19). The van der Waals surface area contributed by atoms with E-state index in [0.717, 1.165) is 16.9 Å². The fourth-order valence-electron chi connectivity index (χ4n) is 1.63. The van der Waals surface area contributed by atoms with E-state index in [2.05, 4.69) is 10.2 Å². The van der Waals surface area contributed by atoms with Crippen LogP contribution in [-0.2, 0) is 4.74 Å². The Morgan fingerprint density at radius 2 is 2.05 bits per heavy atom. The van der Waals surface area contributed by atoms with Gasteiger partial charge in [-0.3, -0.25) is 5.10 Å². The van der Waals surface area contributed by atoms with Crippen molar-refractivity contribution >= 4 is 23.8 Å². The third kappa shape index (κ3) is 3.53. The number of benzene rings is 1. The molecule has 1 aromatic heterocycles. The number of nitrogens with zero attached hydrogens (tertiary/aromatic N) is 1. The van der Waals surface area contributed by atoms with Gasteiger partial charge in [0.1, 0.15) is 22.2 Å². The summed E-state index contributed by atoms with van der Waals surface area (Å²) in [6, 6.07) is 9.35. The van der Waals surface area contributed by atoms with Gasteiger partial charge in [0.05, 0.1) is 6.61 Å².